The van der Waals surface area contributed by atoms with E-state index < -0.39 is 6.10 Å². The fourth-order valence-electron chi connectivity index (χ4n) is 2.47. The van der Waals surface area contributed by atoms with E-state index in [2.05, 4.69) is 0 Å². The van der Waals surface area contributed by atoms with Crippen molar-refractivity contribution in [3.63, 3.8) is 0 Å². The summed E-state index contributed by atoms with van der Waals surface area (Å²) in [5.74, 6) is 0.216. The standard InChI is InChI=1S/C15H15NO3/c1-10-7-9-19-14(10)15(18)16-8-6-13(17)11-4-2-3-5-12(11)16/h2-5,7,9,13,17H,6,8H2,1H3. The van der Waals surface area contributed by atoms with Gasteiger partial charge in [0, 0.05) is 23.4 Å². The molecule has 4 nitrogen and oxygen atoms in total. The largest absolute Gasteiger partial charge is 0.459 e. The molecule has 2 aromatic rings. The monoisotopic (exact) mass is 257 g/mol. The molecule has 1 aromatic carbocycles. The second-order valence-corrected chi connectivity index (χ2v) is 4.75. The zero-order valence-electron chi connectivity index (χ0n) is 10.7. The molecular formula is C15H15NO3. The van der Waals surface area contributed by atoms with Crippen molar-refractivity contribution < 1.29 is 14.3 Å². The summed E-state index contributed by atoms with van der Waals surface area (Å²) in [5, 5.41) is 9.98. The topological polar surface area (TPSA) is 53.7 Å². The molecule has 0 radical (unpaired) electrons. The summed E-state index contributed by atoms with van der Waals surface area (Å²) in [6.07, 6.45) is 1.56. The van der Waals surface area contributed by atoms with Crippen LogP contribution in [0.15, 0.2) is 41.0 Å². The Labute approximate surface area is 111 Å². The normalized spacial score (nSPS) is 18.2. The lowest BCUT2D eigenvalue weighted by molar-refractivity contribution is 0.0943. The van der Waals surface area contributed by atoms with Gasteiger partial charge in [-0.1, -0.05) is 18.2 Å². The molecule has 0 spiro atoms. The first-order valence-corrected chi connectivity index (χ1v) is 6.31. The number of nitrogens with zero attached hydrogens (tertiary/aromatic N) is 1. The molecule has 0 saturated carbocycles. The van der Waals surface area contributed by atoms with Crippen molar-refractivity contribution in [1.29, 1.82) is 0 Å². The van der Waals surface area contributed by atoms with Crippen molar-refractivity contribution in [3.8, 4) is 0 Å². The molecule has 19 heavy (non-hydrogen) atoms. The van der Waals surface area contributed by atoms with E-state index in [-0.39, 0.29) is 5.91 Å². The molecule has 4 heteroatoms. The summed E-state index contributed by atoms with van der Waals surface area (Å²) in [6.45, 7) is 2.35. The number of carbonyl (C=O) groups excluding carboxylic acids is 1. The SMILES string of the molecule is Cc1ccoc1C(=O)N1CCC(O)c2ccccc21. The molecule has 1 aliphatic rings. The third kappa shape index (κ3) is 1.94. The molecule has 0 saturated heterocycles. The van der Waals surface area contributed by atoms with E-state index >= 15 is 0 Å². The van der Waals surface area contributed by atoms with Gasteiger partial charge in [0.1, 0.15) is 0 Å². The fourth-order valence-corrected chi connectivity index (χ4v) is 2.47. The van der Waals surface area contributed by atoms with Crippen LogP contribution in [0.1, 0.15) is 34.2 Å². The number of furan rings is 1. The molecule has 1 aliphatic heterocycles. The molecule has 3 rings (SSSR count). The highest BCUT2D eigenvalue weighted by atomic mass is 16.3. The van der Waals surface area contributed by atoms with E-state index in [0.29, 0.717) is 18.7 Å². The van der Waals surface area contributed by atoms with Gasteiger partial charge in [0.15, 0.2) is 5.76 Å². The summed E-state index contributed by atoms with van der Waals surface area (Å²) >= 11 is 0. The van der Waals surface area contributed by atoms with Crippen LogP contribution in [0.3, 0.4) is 0 Å². The maximum Gasteiger partial charge on any atom is 0.294 e. The maximum atomic E-state index is 12.5. The summed E-state index contributed by atoms with van der Waals surface area (Å²) in [6, 6.07) is 9.22. The molecular weight excluding hydrogens is 242 g/mol. The zero-order valence-corrected chi connectivity index (χ0v) is 10.7. The van der Waals surface area contributed by atoms with Crippen LogP contribution in [0.4, 0.5) is 5.69 Å². The lowest BCUT2D eigenvalue weighted by atomic mass is 9.98. The molecule has 1 aromatic heterocycles. The van der Waals surface area contributed by atoms with Gasteiger partial charge in [-0.05, 0) is 25.5 Å². The van der Waals surface area contributed by atoms with Gasteiger partial charge in [-0.15, -0.1) is 0 Å². The average Bonchev–Trinajstić information content (AvgIpc) is 2.85. The van der Waals surface area contributed by atoms with Gasteiger partial charge in [0.05, 0.1) is 12.4 Å². The van der Waals surface area contributed by atoms with E-state index in [4.69, 9.17) is 4.42 Å². The van der Waals surface area contributed by atoms with E-state index in [1.165, 1.54) is 6.26 Å². The number of para-hydroxylation sites is 1. The first-order chi connectivity index (χ1) is 9.18. The summed E-state index contributed by atoms with van der Waals surface area (Å²) in [4.78, 5) is 14.2. The number of fused-ring (bicyclic) bond motifs is 1. The average molecular weight is 257 g/mol. The lowest BCUT2D eigenvalue weighted by Gasteiger charge is -2.31. The van der Waals surface area contributed by atoms with E-state index in [1.807, 2.05) is 31.2 Å². The van der Waals surface area contributed by atoms with E-state index in [9.17, 15) is 9.90 Å². The van der Waals surface area contributed by atoms with Crippen LogP contribution >= 0.6 is 0 Å². The van der Waals surface area contributed by atoms with Crippen molar-refractivity contribution >= 4 is 11.6 Å². The predicted octanol–water partition coefficient (Wildman–Crippen LogP) is 2.67. The molecule has 98 valence electrons. The van der Waals surface area contributed by atoms with Gasteiger partial charge < -0.3 is 14.4 Å². The fraction of sp³-hybridized carbons (Fsp3) is 0.267. The first-order valence-electron chi connectivity index (χ1n) is 6.31. The van der Waals surface area contributed by atoms with Gasteiger partial charge in [0.25, 0.3) is 5.91 Å². The molecule has 1 N–H and O–H groups in total. The number of rotatable bonds is 1. The molecule has 0 fully saturated rings. The van der Waals surface area contributed by atoms with E-state index in [1.54, 1.807) is 11.0 Å². The number of carbonyl (C=O) groups is 1. The third-order valence-electron chi connectivity index (χ3n) is 3.51. The quantitative estimate of drug-likeness (QED) is 0.854. The van der Waals surface area contributed by atoms with Crippen molar-refractivity contribution in [2.24, 2.45) is 0 Å². The Bertz CT molecular complexity index is 617. The van der Waals surface area contributed by atoms with Crippen molar-refractivity contribution in [1.82, 2.24) is 0 Å². The highest BCUT2D eigenvalue weighted by Crippen LogP contribution is 2.34. The summed E-state index contributed by atoms with van der Waals surface area (Å²) in [5.41, 5.74) is 2.39. The molecule has 1 amide bonds. The number of aryl methyl sites for hydroxylation is 1. The Kier molecular flexibility index (Phi) is 2.87. The Morgan fingerprint density at radius 3 is 2.89 bits per heavy atom. The van der Waals surface area contributed by atoms with Crippen LogP contribution in [0.25, 0.3) is 0 Å². The second kappa shape index (κ2) is 4.55. The number of anilines is 1. The van der Waals surface area contributed by atoms with Crippen LogP contribution in [0.5, 0.6) is 0 Å². The lowest BCUT2D eigenvalue weighted by Crippen LogP contribution is -2.36. The molecule has 2 heterocycles. The number of aliphatic hydroxyl groups excluding tert-OH is 1. The zero-order chi connectivity index (χ0) is 13.4. The Hall–Kier alpha value is -2.07. The highest BCUT2D eigenvalue weighted by Gasteiger charge is 2.29. The highest BCUT2D eigenvalue weighted by molar-refractivity contribution is 6.05. The van der Waals surface area contributed by atoms with Crippen molar-refractivity contribution in [2.45, 2.75) is 19.4 Å². The first kappa shape index (κ1) is 12.0. The summed E-state index contributed by atoms with van der Waals surface area (Å²) < 4.78 is 5.27. The third-order valence-corrected chi connectivity index (χ3v) is 3.51. The van der Waals surface area contributed by atoms with E-state index in [0.717, 1.165) is 16.8 Å². The minimum atomic E-state index is -0.502. The molecule has 1 atom stereocenters. The van der Waals surface area contributed by atoms with Gasteiger partial charge in [-0.2, -0.15) is 0 Å². The number of benzene rings is 1. The van der Waals surface area contributed by atoms with Crippen LogP contribution in [0.2, 0.25) is 0 Å². The Morgan fingerprint density at radius 1 is 1.37 bits per heavy atom. The maximum absolute atomic E-state index is 12.5. The Morgan fingerprint density at radius 2 is 2.16 bits per heavy atom. The minimum absolute atomic E-state index is 0.151. The Balaban J connectivity index is 2.01. The van der Waals surface area contributed by atoms with Crippen LogP contribution < -0.4 is 4.90 Å². The van der Waals surface area contributed by atoms with Gasteiger partial charge >= 0.3 is 0 Å². The van der Waals surface area contributed by atoms with Crippen LogP contribution in [-0.2, 0) is 0 Å². The van der Waals surface area contributed by atoms with Crippen LogP contribution in [0, 0.1) is 6.92 Å². The minimum Gasteiger partial charge on any atom is -0.459 e. The molecule has 0 bridgehead atoms. The number of hydrogen-bond donors (Lipinski definition) is 1. The van der Waals surface area contributed by atoms with Crippen molar-refractivity contribution in [2.75, 3.05) is 11.4 Å². The smallest absolute Gasteiger partial charge is 0.294 e. The predicted molar refractivity (Wildman–Crippen MR) is 71.1 cm³/mol. The number of amides is 1. The summed E-state index contributed by atoms with van der Waals surface area (Å²) in [7, 11) is 0. The molecule has 0 aliphatic carbocycles. The van der Waals surface area contributed by atoms with Crippen molar-refractivity contribution in [3.05, 3.63) is 53.5 Å². The number of hydrogen-bond acceptors (Lipinski definition) is 3. The second-order valence-electron chi connectivity index (χ2n) is 4.75. The van der Waals surface area contributed by atoms with Gasteiger partial charge in [-0.25, -0.2) is 0 Å². The van der Waals surface area contributed by atoms with Gasteiger partial charge in [0.2, 0.25) is 0 Å². The van der Waals surface area contributed by atoms with Gasteiger partial charge in [-0.3, -0.25) is 4.79 Å². The van der Waals surface area contributed by atoms with Crippen LogP contribution in [-0.4, -0.2) is 17.6 Å². The number of aliphatic hydroxyl groups is 1. The molecule has 1 unspecified atom stereocenters.